The Kier molecular flexibility index (Phi) is 4.10. The zero-order valence-corrected chi connectivity index (χ0v) is 11.7. The third-order valence-corrected chi connectivity index (χ3v) is 3.75. The highest BCUT2D eigenvalue weighted by Gasteiger charge is 2.45. The largest absolute Gasteiger partial charge is 0.384 e. The molecule has 1 atom stereocenters. The highest BCUT2D eigenvalue weighted by molar-refractivity contribution is 5.96. The van der Waals surface area contributed by atoms with Crippen molar-refractivity contribution < 1.29 is 14.3 Å². The standard InChI is InChI=1S/C16H18FNO2/c1-16(2)9-12(16)10-18-15(20)14-8-13(17)6-5-11(14)4-3-7-19/h5-6,8,12,19H,7,9-10H2,1-2H3,(H,18,20). The number of nitrogens with one attached hydrogen (secondary N) is 1. The molecule has 106 valence electrons. The van der Waals surface area contributed by atoms with Gasteiger partial charge in [-0.3, -0.25) is 4.79 Å². The summed E-state index contributed by atoms with van der Waals surface area (Å²) in [4.78, 5) is 12.1. The van der Waals surface area contributed by atoms with Crippen molar-refractivity contribution in [2.24, 2.45) is 11.3 Å². The summed E-state index contributed by atoms with van der Waals surface area (Å²) >= 11 is 0. The summed E-state index contributed by atoms with van der Waals surface area (Å²) in [5, 5.41) is 11.5. The lowest BCUT2D eigenvalue weighted by Gasteiger charge is -2.08. The van der Waals surface area contributed by atoms with Crippen LogP contribution < -0.4 is 5.32 Å². The Bertz CT molecular complexity index is 584. The topological polar surface area (TPSA) is 49.3 Å². The Morgan fingerprint density at radius 3 is 2.85 bits per heavy atom. The van der Waals surface area contributed by atoms with Gasteiger partial charge in [0.05, 0.1) is 5.56 Å². The van der Waals surface area contributed by atoms with E-state index in [2.05, 4.69) is 31.0 Å². The second-order valence-corrected chi connectivity index (χ2v) is 5.75. The van der Waals surface area contributed by atoms with E-state index in [0.717, 1.165) is 6.42 Å². The van der Waals surface area contributed by atoms with E-state index in [-0.39, 0.29) is 23.5 Å². The Morgan fingerprint density at radius 1 is 1.55 bits per heavy atom. The molecule has 1 aliphatic rings. The van der Waals surface area contributed by atoms with Crippen molar-refractivity contribution in [1.82, 2.24) is 5.32 Å². The quantitative estimate of drug-likeness (QED) is 0.828. The van der Waals surface area contributed by atoms with E-state index >= 15 is 0 Å². The molecule has 3 nitrogen and oxygen atoms in total. The first kappa shape index (κ1) is 14.5. The summed E-state index contributed by atoms with van der Waals surface area (Å²) in [5.74, 6) is 4.81. The highest BCUT2D eigenvalue weighted by atomic mass is 19.1. The van der Waals surface area contributed by atoms with Gasteiger partial charge in [-0.15, -0.1) is 0 Å². The molecule has 1 saturated carbocycles. The molecule has 1 aromatic rings. The molecular formula is C16H18FNO2. The lowest BCUT2D eigenvalue weighted by atomic mass is 10.1. The summed E-state index contributed by atoms with van der Waals surface area (Å²) in [7, 11) is 0. The lowest BCUT2D eigenvalue weighted by Crippen LogP contribution is -2.27. The molecule has 2 rings (SSSR count). The maximum absolute atomic E-state index is 13.3. The van der Waals surface area contributed by atoms with Gasteiger partial charge in [0.15, 0.2) is 0 Å². The molecule has 0 aromatic heterocycles. The number of aliphatic hydroxyl groups is 1. The molecule has 1 aromatic carbocycles. The summed E-state index contributed by atoms with van der Waals surface area (Å²) in [5.41, 5.74) is 0.923. The van der Waals surface area contributed by atoms with Crippen LogP contribution >= 0.6 is 0 Å². The Hall–Kier alpha value is -1.86. The average Bonchev–Trinajstić information content (AvgIpc) is 3.02. The smallest absolute Gasteiger partial charge is 0.252 e. The molecule has 20 heavy (non-hydrogen) atoms. The number of hydrogen-bond donors (Lipinski definition) is 2. The minimum absolute atomic E-state index is 0.212. The first-order valence-corrected chi connectivity index (χ1v) is 6.61. The van der Waals surface area contributed by atoms with E-state index in [9.17, 15) is 9.18 Å². The number of aliphatic hydroxyl groups excluding tert-OH is 1. The molecule has 0 aliphatic heterocycles. The van der Waals surface area contributed by atoms with Crippen LogP contribution in [0.5, 0.6) is 0 Å². The fourth-order valence-electron chi connectivity index (χ4n) is 2.18. The Labute approximate surface area is 118 Å². The second-order valence-electron chi connectivity index (χ2n) is 5.75. The first-order chi connectivity index (χ1) is 9.44. The van der Waals surface area contributed by atoms with Crippen molar-refractivity contribution in [3.05, 3.63) is 35.1 Å². The van der Waals surface area contributed by atoms with Gasteiger partial charge in [0.1, 0.15) is 12.4 Å². The van der Waals surface area contributed by atoms with Crippen molar-refractivity contribution >= 4 is 5.91 Å². The van der Waals surface area contributed by atoms with Crippen molar-refractivity contribution in [2.75, 3.05) is 13.2 Å². The predicted molar refractivity (Wildman–Crippen MR) is 74.6 cm³/mol. The van der Waals surface area contributed by atoms with Gasteiger partial charge in [0, 0.05) is 12.1 Å². The number of benzene rings is 1. The minimum atomic E-state index is -0.476. The number of amides is 1. The third-order valence-electron chi connectivity index (χ3n) is 3.75. The maximum Gasteiger partial charge on any atom is 0.252 e. The van der Waals surface area contributed by atoms with Gasteiger partial charge in [-0.25, -0.2) is 4.39 Å². The molecule has 1 fully saturated rings. The molecule has 0 spiro atoms. The highest BCUT2D eigenvalue weighted by Crippen LogP contribution is 2.50. The molecule has 2 N–H and O–H groups in total. The molecular weight excluding hydrogens is 257 g/mol. The average molecular weight is 275 g/mol. The summed E-state index contributed by atoms with van der Waals surface area (Å²) in [6.07, 6.45) is 1.09. The van der Waals surface area contributed by atoms with E-state index < -0.39 is 5.82 Å². The van der Waals surface area contributed by atoms with E-state index in [1.165, 1.54) is 18.2 Å². The summed E-state index contributed by atoms with van der Waals surface area (Å²) < 4.78 is 13.3. The van der Waals surface area contributed by atoms with Crippen LogP contribution in [0.15, 0.2) is 18.2 Å². The van der Waals surface area contributed by atoms with Gasteiger partial charge in [-0.05, 0) is 36.0 Å². The molecule has 0 bridgehead atoms. The van der Waals surface area contributed by atoms with Gasteiger partial charge >= 0.3 is 0 Å². The van der Waals surface area contributed by atoms with E-state index in [1.807, 2.05) is 0 Å². The normalized spacial score (nSPS) is 18.9. The fraction of sp³-hybridized carbons (Fsp3) is 0.438. The van der Waals surface area contributed by atoms with Crippen molar-refractivity contribution in [1.29, 1.82) is 0 Å². The van der Waals surface area contributed by atoms with E-state index in [0.29, 0.717) is 18.0 Å². The molecule has 0 heterocycles. The Morgan fingerprint density at radius 2 is 2.25 bits per heavy atom. The first-order valence-electron chi connectivity index (χ1n) is 6.61. The van der Waals surface area contributed by atoms with Crippen molar-refractivity contribution in [3.63, 3.8) is 0 Å². The SMILES string of the molecule is CC1(C)CC1CNC(=O)c1cc(F)ccc1C#CCO. The van der Waals surface area contributed by atoms with Gasteiger partial charge in [-0.1, -0.05) is 25.7 Å². The van der Waals surface area contributed by atoms with Crippen LogP contribution in [0, 0.1) is 29.0 Å². The number of carbonyl (C=O) groups is 1. The van der Waals surface area contributed by atoms with Gasteiger partial charge in [0.2, 0.25) is 0 Å². The van der Waals surface area contributed by atoms with Gasteiger partial charge < -0.3 is 10.4 Å². The monoisotopic (exact) mass is 275 g/mol. The molecule has 0 radical (unpaired) electrons. The number of hydrogen-bond acceptors (Lipinski definition) is 2. The van der Waals surface area contributed by atoms with E-state index in [1.54, 1.807) is 0 Å². The molecule has 1 amide bonds. The zero-order chi connectivity index (χ0) is 14.8. The second kappa shape index (κ2) is 5.64. The number of carbonyl (C=O) groups excluding carboxylic acids is 1. The number of halogens is 1. The molecule has 1 unspecified atom stereocenters. The van der Waals surface area contributed by atoms with Crippen LogP contribution in [-0.2, 0) is 0 Å². The van der Waals surface area contributed by atoms with Crippen LogP contribution in [0.2, 0.25) is 0 Å². The number of rotatable bonds is 3. The summed E-state index contributed by atoms with van der Waals surface area (Å²) in [6, 6.07) is 3.88. The van der Waals surface area contributed by atoms with Crippen LogP contribution in [0.3, 0.4) is 0 Å². The minimum Gasteiger partial charge on any atom is -0.384 e. The van der Waals surface area contributed by atoms with Crippen LogP contribution in [0.25, 0.3) is 0 Å². The lowest BCUT2D eigenvalue weighted by molar-refractivity contribution is 0.0950. The third kappa shape index (κ3) is 3.37. The van der Waals surface area contributed by atoms with Crippen molar-refractivity contribution in [3.8, 4) is 11.8 Å². The molecule has 0 saturated heterocycles. The van der Waals surface area contributed by atoms with Crippen molar-refractivity contribution in [2.45, 2.75) is 20.3 Å². The summed E-state index contributed by atoms with van der Waals surface area (Å²) in [6.45, 7) is 4.61. The predicted octanol–water partition coefficient (Wildman–Crippen LogP) is 1.95. The van der Waals surface area contributed by atoms with E-state index in [4.69, 9.17) is 5.11 Å². The Balaban J connectivity index is 2.10. The van der Waals surface area contributed by atoms with Crippen LogP contribution in [0.1, 0.15) is 36.2 Å². The zero-order valence-electron chi connectivity index (χ0n) is 11.7. The fourth-order valence-corrected chi connectivity index (χ4v) is 2.18. The molecule has 1 aliphatic carbocycles. The van der Waals surface area contributed by atoms with Gasteiger partial charge in [0.25, 0.3) is 5.91 Å². The molecule has 4 heteroatoms. The van der Waals surface area contributed by atoms with Crippen LogP contribution in [-0.4, -0.2) is 24.2 Å². The maximum atomic E-state index is 13.3. The van der Waals surface area contributed by atoms with Gasteiger partial charge in [-0.2, -0.15) is 0 Å². The van der Waals surface area contributed by atoms with Crippen LogP contribution in [0.4, 0.5) is 4.39 Å².